The average Bonchev–Trinajstić information content (AvgIpc) is 2.27. The Morgan fingerprint density at radius 1 is 1.27 bits per heavy atom. The molecule has 0 saturated carbocycles. The number of ether oxygens (including phenoxy) is 2. The number of halogens is 1. The molecule has 3 nitrogen and oxygen atoms in total. The summed E-state index contributed by atoms with van der Waals surface area (Å²) in [7, 11) is 1.91. The SMILES string of the molecule is CNC(Br)c1cc2c(cc1C)OCCO2. The molecule has 1 unspecified atom stereocenters. The molecule has 1 heterocycles. The molecule has 1 atom stereocenters. The van der Waals surface area contributed by atoms with E-state index in [1.165, 1.54) is 11.1 Å². The summed E-state index contributed by atoms with van der Waals surface area (Å²) in [4.78, 5) is 0.147. The van der Waals surface area contributed by atoms with Crippen LogP contribution in [0.3, 0.4) is 0 Å². The number of alkyl halides is 1. The largest absolute Gasteiger partial charge is 0.486 e. The number of rotatable bonds is 2. The molecule has 1 aliphatic rings. The van der Waals surface area contributed by atoms with Crippen LogP contribution >= 0.6 is 15.9 Å². The van der Waals surface area contributed by atoms with Gasteiger partial charge in [0.15, 0.2) is 11.5 Å². The zero-order valence-corrected chi connectivity index (χ0v) is 10.4. The third kappa shape index (κ3) is 2.11. The summed E-state index contributed by atoms with van der Waals surface area (Å²) in [6.45, 7) is 3.33. The topological polar surface area (TPSA) is 30.5 Å². The van der Waals surface area contributed by atoms with E-state index in [0.717, 1.165) is 11.5 Å². The van der Waals surface area contributed by atoms with Gasteiger partial charge in [0.05, 0.1) is 4.95 Å². The molecule has 1 aromatic rings. The minimum atomic E-state index is 0.147. The molecule has 1 aliphatic heterocycles. The Morgan fingerprint density at radius 3 is 2.47 bits per heavy atom. The quantitative estimate of drug-likeness (QED) is 0.662. The van der Waals surface area contributed by atoms with Crippen LogP contribution in [0.25, 0.3) is 0 Å². The van der Waals surface area contributed by atoms with E-state index in [9.17, 15) is 0 Å². The number of hydrogen-bond acceptors (Lipinski definition) is 3. The molecule has 0 bridgehead atoms. The molecule has 0 amide bonds. The van der Waals surface area contributed by atoms with Gasteiger partial charge in [0.2, 0.25) is 0 Å². The number of hydrogen-bond donors (Lipinski definition) is 1. The van der Waals surface area contributed by atoms with Gasteiger partial charge < -0.3 is 14.8 Å². The second kappa shape index (κ2) is 4.41. The lowest BCUT2D eigenvalue weighted by Gasteiger charge is -2.21. The van der Waals surface area contributed by atoms with Crippen LogP contribution in [0.15, 0.2) is 12.1 Å². The van der Waals surface area contributed by atoms with Gasteiger partial charge in [-0.1, -0.05) is 15.9 Å². The molecule has 4 heteroatoms. The minimum Gasteiger partial charge on any atom is -0.486 e. The fourth-order valence-electron chi connectivity index (χ4n) is 1.63. The van der Waals surface area contributed by atoms with E-state index < -0.39 is 0 Å². The molecule has 0 radical (unpaired) electrons. The van der Waals surface area contributed by atoms with Crippen molar-refractivity contribution in [3.05, 3.63) is 23.3 Å². The van der Waals surface area contributed by atoms with Crippen molar-refractivity contribution in [2.45, 2.75) is 11.9 Å². The first-order valence-electron chi connectivity index (χ1n) is 4.94. The summed E-state index contributed by atoms with van der Waals surface area (Å²) in [6.07, 6.45) is 0. The lowest BCUT2D eigenvalue weighted by atomic mass is 10.1. The van der Waals surface area contributed by atoms with Crippen LogP contribution in [-0.4, -0.2) is 20.3 Å². The van der Waals surface area contributed by atoms with Gasteiger partial charge in [0.25, 0.3) is 0 Å². The van der Waals surface area contributed by atoms with Crippen molar-refractivity contribution in [3.63, 3.8) is 0 Å². The predicted octanol–water partition coefficient (Wildman–Crippen LogP) is 2.38. The highest BCUT2D eigenvalue weighted by molar-refractivity contribution is 9.09. The van der Waals surface area contributed by atoms with E-state index in [2.05, 4.69) is 28.2 Å². The number of fused-ring (bicyclic) bond motifs is 1. The van der Waals surface area contributed by atoms with E-state index in [1.807, 2.05) is 19.2 Å². The molecule has 0 aliphatic carbocycles. The fraction of sp³-hybridized carbons (Fsp3) is 0.455. The second-order valence-electron chi connectivity index (χ2n) is 3.50. The molecular weight excluding hydrogens is 258 g/mol. The van der Waals surface area contributed by atoms with Gasteiger partial charge in [0.1, 0.15) is 13.2 Å². The van der Waals surface area contributed by atoms with Gasteiger partial charge in [-0.15, -0.1) is 0 Å². The molecule has 82 valence electrons. The summed E-state index contributed by atoms with van der Waals surface area (Å²) < 4.78 is 11.1. The van der Waals surface area contributed by atoms with Crippen LogP contribution < -0.4 is 14.8 Å². The van der Waals surface area contributed by atoms with Crippen molar-refractivity contribution in [1.29, 1.82) is 0 Å². The third-order valence-electron chi connectivity index (χ3n) is 2.46. The van der Waals surface area contributed by atoms with Gasteiger partial charge in [-0.2, -0.15) is 0 Å². The van der Waals surface area contributed by atoms with Gasteiger partial charge in [-0.25, -0.2) is 0 Å². The van der Waals surface area contributed by atoms with Gasteiger partial charge >= 0.3 is 0 Å². The maximum atomic E-state index is 5.54. The Morgan fingerprint density at radius 2 is 1.87 bits per heavy atom. The summed E-state index contributed by atoms with van der Waals surface area (Å²) in [6, 6.07) is 4.05. The standard InChI is InChI=1S/C11H14BrNO2/c1-7-5-9-10(15-4-3-14-9)6-8(7)11(12)13-2/h5-6,11,13H,3-4H2,1-2H3. The minimum absolute atomic E-state index is 0.147. The first-order valence-corrected chi connectivity index (χ1v) is 5.85. The van der Waals surface area contributed by atoms with Gasteiger partial charge in [-0.3, -0.25) is 0 Å². The summed E-state index contributed by atoms with van der Waals surface area (Å²) in [5, 5.41) is 3.15. The molecule has 0 saturated heterocycles. The fourth-order valence-corrected chi connectivity index (χ4v) is 2.13. The first kappa shape index (κ1) is 10.8. The van der Waals surface area contributed by atoms with Crippen molar-refractivity contribution in [1.82, 2.24) is 5.32 Å². The second-order valence-corrected chi connectivity index (χ2v) is 4.42. The Kier molecular flexibility index (Phi) is 3.17. The summed E-state index contributed by atoms with van der Waals surface area (Å²) >= 11 is 3.56. The van der Waals surface area contributed by atoms with Crippen molar-refractivity contribution in [2.75, 3.05) is 20.3 Å². The highest BCUT2D eigenvalue weighted by Crippen LogP contribution is 2.36. The van der Waals surface area contributed by atoms with E-state index in [-0.39, 0.29) is 4.95 Å². The van der Waals surface area contributed by atoms with Crippen molar-refractivity contribution < 1.29 is 9.47 Å². The van der Waals surface area contributed by atoms with Crippen molar-refractivity contribution in [3.8, 4) is 11.5 Å². The number of nitrogens with one attached hydrogen (secondary N) is 1. The lowest BCUT2D eigenvalue weighted by molar-refractivity contribution is 0.171. The summed E-state index contributed by atoms with van der Waals surface area (Å²) in [5.41, 5.74) is 2.37. The number of benzene rings is 1. The molecule has 2 rings (SSSR count). The Bertz CT molecular complexity index is 368. The van der Waals surface area contributed by atoms with Gasteiger partial charge in [0, 0.05) is 0 Å². The zero-order valence-electron chi connectivity index (χ0n) is 8.84. The van der Waals surface area contributed by atoms with Crippen LogP contribution in [0, 0.1) is 6.92 Å². The maximum Gasteiger partial charge on any atom is 0.161 e. The monoisotopic (exact) mass is 271 g/mol. The lowest BCUT2D eigenvalue weighted by Crippen LogP contribution is -2.17. The van der Waals surface area contributed by atoms with Gasteiger partial charge in [-0.05, 0) is 37.2 Å². The molecule has 1 N–H and O–H groups in total. The molecular formula is C11H14BrNO2. The normalized spacial score (nSPS) is 16.2. The first-order chi connectivity index (χ1) is 7.22. The predicted molar refractivity (Wildman–Crippen MR) is 62.9 cm³/mol. The smallest absolute Gasteiger partial charge is 0.161 e. The molecule has 0 fully saturated rings. The summed E-state index contributed by atoms with van der Waals surface area (Å²) in [5.74, 6) is 1.68. The average molecular weight is 272 g/mol. The molecule has 0 aromatic heterocycles. The Balaban J connectivity index is 2.40. The van der Waals surface area contributed by atoms with Crippen LogP contribution in [0.2, 0.25) is 0 Å². The maximum absolute atomic E-state index is 5.54. The molecule has 1 aromatic carbocycles. The van der Waals surface area contributed by atoms with Crippen LogP contribution in [0.4, 0.5) is 0 Å². The van der Waals surface area contributed by atoms with E-state index in [1.54, 1.807) is 0 Å². The highest BCUT2D eigenvalue weighted by atomic mass is 79.9. The van der Waals surface area contributed by atoms with Crippen LogP contribution in [0.1, 0.15) is 16.1 Å². The Hall–Kier alpha value is -0.740. The third-order valence-corrected chi connectivity index (χ3v) is 3.41. The van der Waals surface area contributed by atoms with Crippen LogP contribution in [0.5, 0.6) is 11.5 Å². The van der Waals surface area contributed by atoms with E-state index in [4.69, 9.17) is 9.47 Å². The molecule has 15 heavy (non-hydrogen) atoms. The Labute approximate surface area is 97.9 Å². The molecule has 0 spiro atoms. The zero-order chi connectivity index (χ0) is 10.8. The van der Waals surface area contributed by atoms with E-state index >= 15 is 0 Å². The highest BCUT2D eigenvalue weighted by Gasteiger charge is 2.16. The number of aryl methyl sites for hydroxylation is 1. The van der Waals surface area contributed by atoms with Crippen molar-refractivity contribution >= 4 is 15.9 Å². The van der Waals surface area contributed by atoms with Crippen molar-refractivity contribution in [2.24, 2.45) is 0 Å². The van der Waals surface area contributed by atoms with E-state index in [0.29, 0.717) is 13.2 Å². The van der Waals surface area contributed by atoms with Crippen LogP contribution in [-0.2, 0) is 0 Å².